The van der Waals surface area contributed by atoms with E-state index in [1.54, 1.807) is 24.3 Å². The van der Waals surface area contributed by atoms with Gasteiger partial charge in [-0.3, -0.25) is 0 Å². The molecule has 0 spiro atoms. The number of nitrogens with two attached hydrogens (primary N) is 1. The molecule has 4 N–H and O–H groups in total. The minimum atomic E-state index is 0.0915. The number of fused-ring (bicyclic) bond motifs is 1. The summed E-state index contributed by atoms with van der Waals surface area (Å²) in [5, 5.41) is 22.7. The van der Waals surface area contributed by atoms with E-state index in [1.165, 1.54) is 6.07 Å². The predicted molar refractivity (Wildman–Crippen MR) is 60.7 cm³/mol. The molecule has 2 aromatic rings. The number of phenols is 1. The first-order valence-corrected chi connectivity index (χ1v) is 5.12. The van der Waals surface area contributed by atoms with Crippen molar-refractivity contribution in [3.63, 3.8) is 0 Å². The molecule has 0 aliphatic rings. The summed E-state index contributed by atoms with van der Waals surface area (Å²) >= 11 is 0.790. The van der Waals surface area contributed by atoms with Gasteiger partial charge in [0.15, 0.2) is 0 Å². The number of phenolic OH excluding ortho intramolecular Hbond substituents is 1. The third kappa shape index (κ3) is 2.20. The van der Waals surface area contributed by atoms with E-state index < -0.39 is 0 Å². The number of aromatic hydroxyl groups is 1. The van der Waals surface area contributed by atoms with Crippen LogP contribution in [0.3, 0.4) is 0 Å². The molecule has 0 amide bonds. The van der Waals surface area contributed by atoms with E-state index in [9.17, 15) is 5.11 Å². The molecule has 5 nitrogen and oxygen atoms in total. The zero-order valence-electron chi connectivity index (χ0n) is 8.08. The lowest BCUT2D eigenvalue weighted by Gasteiger charge is -2.05. The summed E-state index contributed by atoms with van der Waals surface area (Å²) in [6.07, 6.45) is 0. The van der Waals surface area contributed by atoms with Gasteiger partial charge in [-0.05, 0) is 29.7 Å². The van der Waals surface area contributed by atoms with E-state index >= 15 is 0 Å². The fourth-order valence-corrected chi connectivity index (χ4v) is 1.88. The van der Waals surface area contributed by atoms with Crippen LogP contribution in [0.1, 0.15) is 0 Å². The Labute approximate surface area is 95.5 Å². The molecule has 0 bridgehead atoms. The summed E-state index contributed by atoms with van der Waals surface area (Å²) < 4.78 is 4.28. The van der Waals surface area contributed by atoms with Crippen LogP contribution in [-0.4, -0.2) is 10.4 Å². The Morgan fingerprint density at radius 1 is 1.19 bits per heavy atom. The van der Waals surface area contributed by atoms with E-state index in [1.807, 2.05) is 0 Å². The molecule has 6 heteroatoms. The van der Waals surface area contributed by atoms with Crippen molar-refractivity contribution < 1.29 is 19.7 Å². The first-order valence-electron chi connectivity index (χ1n) is 4.38. The number of benzene rings is 2. The van der Waals surface area contributed by atoms with Gasteiger partial charge in [-0.1, -0.05) is 11.1 Å². The number of rotatable bonds is 3. The molecule has 0 atom stereocenters. The molecule has 0 radical (unpaired) electrons. The predicted octanol–water partition coefficient (Wildman–Crippen LogP) is 2.56. The largest absolute Gasteiger partial charge is 0.507 e. The van der Waals surface area contributed by atoms with Gasteiger partial charge in [-0.15, -0.1) is 4.33 Å². The molecular formula is C10H9NO4S. The minimum absolute atomic E-state index is 0.0915. The van der Waals surface area contributed by atoms with Crippen LogP contribution >= 0.6 is 12.0 Å². The first kappa shape index (κ1) is 11.0. The van der Waals surface area contributed by atoms with Crippen molar-refractivity contribution in [2.45, 2.75) is 4.90 Å². The van der Waals surface area contributed by atoms with Crippen molar-refractivity contribution in [2.24, 2.45) is 0 Å². The Bertz CT molecular complexity index is 517. The Balaban J connectivity index is 2.46. The lowest BCUT2D eigenvalue weighted by molar-refractivity contribution is -0.432. The summed E-state index contributed by atoms with van der Waals surface area (Å²) in [5.41, 5.74) is 6.20. The number of nitrogen functional groups attached to an aromatic ring is 1. The third-order valence-corrected chi connectivity index (χ3v) is 2.65. The van der Waals surface area contributed by atoms with Gasteiger partial charge in [0.2, 0.25) is 0 Å². The highest BCUT2D eigenvalue weighted by Crippen LogP contribution is 2.32. The van der Waals surface area contributed by atoms with Crippen LogP contribution in [0.25, 0.3) is 10.8 Å². The minimum Gasteiger partial charge on any atom is -0.507 e. The maximum Gasteiger partial charge on any atom is 0.124 e. The fraction of sp³-hybridized carbons (Fsp3) is 0. The molecule has 0 fully saturated rings. The van der Waals surface area contributed by atoms with Gasteiger partial charge in [0, 0.05) is 16.0 Å². The Morgan fingerprint density at radius 2 is 2.00 bits per heavy atom. The molecule has 2 rings (SSSR count). The average Bonchev–Trinajstić information content (AvgIpc) is 2.27. The van der Waals surface area contributed by atoms with Gasteiger partial charge in [-0.2, -0.15) is 0 Å². The van der Waals surface area contributed by atoms with Crippen LogP contribution in [0.5, 0.6) is 5.75 Å². The Kier molecular flexibility index (Phi) is 3.16. The lowest BCUT2D eigenvalue weighted by Crippen LogP contribution is -1.85. The SMILES string of the molecule is Nc1ccc2cc(SOOO)cc(O)c2c1. The van der Waals surface area contributed by atoms with Crippen molar-refractivity contribution in [1.29, 1.82) is 0 Å². The number of hydrogen-bond acceptors (Lipinski definition) is 6. The molecule has 84 valence electrons. The molecule has 0 saturated heterocycles. The zero-order chi connectivity index (χ0) is 11.5. The Hall–Kier alpha value is -1.47. The maximum absolute atomic E-state index is 9.75. The standard InChI is InChI=1S/C10H9NO4S/c11-7-2-1-6-3-8(16-15-14-13)5-10(12)9(6)4-7/h1-5,12-13H,11H2. The van der Waals surface area contributed by atoms with Crippen molar-refractivity contribution in [2.75, 3.05) is 5.73 Å². The third-order valence-electron chi connectivity index (χ3n) is 2.09. The monoisotopic (exact) mass is 239 g/mol. The van der Waals surface area contributed by atoms with Crippen LogP contribution in [0.2, 0.25) is 0 Å². The van der Waals surface area contributed by atoms with E-state index in [2.05, 4.69) is 9.37 Å². The Morgan fingerprint density at radius 3 is 2.75 bits per heavy atom. The van der Waals surface area contributed by atoms with E-state index in [-0.39, 0.29) is 5.75 Å². The van der Waals surface area contributed by atoms with Crippen molar-refractivity contribution in [3.05, 3.63) is 30.3 Å². The van der Waals surface area contributed by atoms with Crippen LogP contribution in [0.15, 0.2) is 35.2 Å². The molecule has 0 unspecified atom stereocenters. The normalized spacial score (nSPS) is 10.8. The number of anilines is 1. The second-order valence-corrected chi connectivity index (χ2v) is 3.92. The van der Waals surface area contributed by atoms with Crippen LogP contribution in [0, 0.1) is 0 Å². The molecule has 0 heterocycles. The van der Waals surface area contributed by atoms with Crippen molar-refractivity contribution >= 4 is 28.5 Å². The second-order valence-electron chi connectivity index (χ2n) is 3.15. The summed E-state index contributed by atoms with van der Waals surface area (Å²) in [5.74, 6) is 0.0915. The molecule has 0 aliphatic heterocycles. The summed E-state index contributed by atoms with van der Waals surface area (Å²) in [6, 6.07) is 8.47. The molecule has 0 aromatic heterocycles. The van der Waals surface area contributed by atoms with Crippen molar-refractivity contribution in [3.8, 4) is 5.75 Å². The van der Waals surface area contributed by atoms with Crippen molar-refractivity contribution in [1.82, 2.24) is 0 Å². The lowest BCUT2D eigenvalue weighted by atomic mass is 10.1. The van der Waals surface area contributed by atoms with Gasteiger partial charge in [0.05, 0.1) is 12.0 Å². The van der Waals surface area contributed by atoms with E-state index in [0.717, 1.165) is 17.4 Å². The summed E-state index contributed by atoms with van der Waals surface area (Å²) in [6.45, 7) is 0. The van der Waals surface area contributed by atoms with Gasteiger partial charge in [0.1, 0.15) is 5.75 Å². The summed E-state index contributed by atoms with van der Waals surface area (Å²) in [4.78, 5) is 0.601. The molecule has 2 aromatic carbocycles. The van der Waals surface area contributed by atoms with Crippen LogP contribution in [-0.2, 0) is 9.37 Å². The highest BCUT2D eigenvalue weighted by molar-refractivity contribution is 7.94. The van der Waals surface area contributed by atoms with Crippen LogP contribution in [0.4, 0.5) is 5.69 Å². The smallest absolute Gasteiger partial charge is 0.124 e. The molecule has 16 heavy (non-hydrogen) atoms. The molecular weight excluding hydrogens is 230 g/mol. The van der Waals surface area contributed by atoms with Gasteiger partial charge < -0.3 is 10.8 Å². The first-order chi connectivity index (χ1) is 7.70. The number of hydrogen-bond donors (Lipinski definition) is 3. The maximum atomic E-state index is 9.75. The molecule has 0 saturated carbocycles. The molecule has 0 aliphatic carbocycles. The van der Waals surface area contributed by atoms with Gasteiger partial charge in [-0.25, -0.2) is 5.26 Å². The quantitative estimate of drug-likeness (QED) is 0.330. The second kappa shape index (κ2) is 4.58. The van der Waals surface area contributed by atoms with Gasteiger partial charge in [0.25, 0.3) is 0 Å². The topological polar surface area (TPSA) is 84.9 Å². The van der Waals surface area contributed by atoms with E-state index in [0.29, 0.717) is 16.0 Å². The average molecular weight is 239 g/mol. The van der Waals surface area contributed by atoms with E-state index in [4.69, 9.17) is 11.0 Å². The zero-order valence-corrected chi connectivity index (χ0v) is 8.90. The highest BCUT2D eigenvalue weighted by atomic mass is 32.2. The fourth-order valence-electron chi connectivity index (χ4n) is 1.43. The van der Waals surface area contributed by atoms with Gasteiger partial charge >= 0.3 is 0 Å². The highest BCUT2D eigenvalue weighted by Gasteiger charge is 2.05. The van der Waals surface area contributed by atoms with Crippen LogP contribution < -0.4 is 5.73 Å². The summed E-state index contributed by atoms with van der Waals surface area (Å²) in [7, 11) is 0.